The lowest BCUT2D eigenvalue weighted by molar-refractivity contribution is 0.543. The molecule has 1 aromatic rings. The van der Waals surface area contributed by atoms with Crippen LogP contribution in [0.25, 0.3) is 0 Å². The van der Waals surface area contributed by atoms with Crippen LogP contribution < -0.4 is 10.5 Å². The largest absolute Gasteiger partial charge is 0.399 e. The van der Waals surface area contributed by atoms with Crippen molar-refractivity contribution in [3.8, 4) is 0 Å². The molecule has 1 aromatic carbocycles. The Labute approximate surface area is 116 Å². The molecule has 1 atom stereocenters. The summed E-state index contributed by atoms with van der Waals surface area (Å²) in [6, 6.07) is 4.45. The van der Waals surface area contributed by atoms with E-state index in [-0.39, 0.29) is 16.0 Å². The van der Waals surface area contributed by atoms with Gasteiger partial charge in [0.05, 0.1) is 5.02 Å². The molecule has 18 heavy (non-hydrogen) atoms. The molecule has 1 aliphatic rings. The number of nitrogens with two attached hydrogens (primary N) is 1. The van der Waals surface area contributed by atoms with Crippen LogP contribution in [0, 0.1) is 0 Å². The van der Waals surface area contributed by atoms with Crippen LogP contribution in [-0.4, -0.2) is 26.0 Å². The fourth-order valence-corrected chi connectivity index (χ4v) is 4.83. The lowest BCUT2D eigenvalue weighted by atomic mass is 10.2. The molecule has 2 rings (SSSR count). The Morgan fingerprint density at radius 1 is 1.44 bits per heavy atom. The van der Waals surface area contributed by atoms with Crippen LogP contribution in [0.1, 0.15) is 12.8 Å². The van der Waals surface area contributed by atoms with Gasteiger partial charge in [-0.15, -0.1) is 0 Å². The number of nitrogen functional groups attached to an aromatic ring is 1. The van der Waals surface area contributed by atoms with Crippen molar-refractivity contribution in [1.29, 1.82) is 0 Å². The third-order valence-electron chi connectivity index (χ3n) is 2.73. The number of halogens is 1. The Bertz CT molecular complexity index is 528. The second-order valence-corrected chi connectivity index (χ2v) is 7.46. The highest BCUT2D eigenvalue weighted by molar-refractivity contribution is 7.99. The van der Waals surface area contributed by atoms with E-state index >= 15 is 0 Å². The Morgan fingerprint density at radius 3 is 2.89 bits per heavy atom. The van der Waals surface area contributed by atoms with Crippen LogP contribution >= 0.6 is 23.4 Å². The second kappa shape index (κ2) is 5.69. The van der Waals surface area contributed by atoms with Crippen molar-refractivity contribution in [3.63, 3.8) is 0 Å². The molecular formula is C11H15ClN2O2S2. The van der Waals surface area contributed by atoms with Crippen molar-refractivity contribution in [3.05, 3.63) is 23.2 Å². The van der Waals surface area contributed by atoms with E-state index < -0.39 is 10.0 Å². The molecule has 0 aliphatic carbocycles. The van der Waals surface area contributed by atoms with Gasteiger partial charge in [0.25, 0.3) is 0 Å². The van der Waals surface area contributed by atoms with Crippen LogP contribution in [0.5, 0.6) is 0 Å². The number of nitrogens with one attached hydrogen (secondary N) is 1. The van der Waals surface area contributed by atoms with Crippen LogP contribution in [-0.2, 0) is 10.0 Å². The first-order valence-corrected chi connectivity index (χ1v) is 8.66. The number of sulfonamides is 1. The first kappa shape index (κ1) is 14.0. The predicted octanol–water partition coefficient (Wildman–Crippen LogP) is 2.10. The summed E-state index contributed by atoms with van der Waals surface area (Å²) >= 11 is 7.68. The van der Waals surface area contributed by atoms with Crippen molar-refractivity contribution in [2.24, 2.45) is 0 Å². The molecule has 100 valence electrons. The smallest absolute Gasteiger partial charge is 0.242 e. The summed E-state index contributed by atoms with van der Waals surface area (Å²) in [5, 5.41) is 0.195. The highest BCUT2D eigenvalue weighted by atomic mass is 35.5. The summed E-state index contributed by atoms with van der Waals surface area (Å²) in [4.78, 5) is 0.0553. The minimum absolute atomic E-state index is 0.0220. The number of hydrogen-bond donors (Lipinski definition) is 2. The van der Waals surface area contributed by atoms with Crippen molar-refractivity contribution in [2.45, 2.75) is 23.8 Å². The molecule has 1 fully saturated rings. The summed E-state index contributed by atoms with van der Waals surface area (Å²) in [7, 11) is -3.59. The van der Waals surface area contributed by atoms with E-state index in [1.165, 1.54) is 12.1 Å². The molecule has 1 aliphatic heterocycles. The third-order valence-corrected chi connectivity index (χ3v) is 5.94. The molecule has 1 unspecified atom stereocenters. The first-order chi connectivity index (χ1) is 8.49. The van der Waals surface area contributed by atoms with E-state index in [0.29, 0.717) is 5.69 Å². The summed E-state index contributed by atoms with van der Waals surface area (Å²) in [6.45, 7) is 0. The molecule has 4 nitrogen and oxygen atoms in total. The zero-order valence-corrected chi connectivity index (χ0v) is 12.1. The standard InChI is InChI=1S/C11H15ClN2O2S2/c12-10-4-3-8(13)6-11(10)18(15,16)14-9-2-1-5-17-7-9/h3-4,6,9,14H,1-2,5,7,13H2. The van der Waals surface area contributed by atoms with Crippen molar-refractivity contribution >= 4 is 39.1 Å². The Balaban J connectivity index is 2.21. The van der Waals surface area contributed by atoms with Gasteiger partial charge < -0.3 is 5.73 Å². The summed E-state index contributed by atoms with van der Waals surface area (Å²) in [5.74, 6) is 1.90. The SMILES string of the molecule is Nc1ccc(Cl)c(S(=O)(=O)NC2CCCSC2)c1. The zero-order chi connectivity index (χ0) is 13.2. The topological polar surface area (TPSA) is 72.2 Å². The van der Waals surface area contributed by atoms with Crippen LogP contribution in [0.3, 0.4) is 0 Å². The second-order valence-electron chi connectivity index (χ2n) is 4.23. The fourth-order valence-electron chi connectivity index (χ4n) is 1.84. The number of hydrogen-bond acceptors (Lipinski definition) is 4. The molecule has 7 heteroatoms. The summed E-state index contributed by atoms with van der Waals surface area (Å²) < 4.78 is 27.1. The third kappa shape index (κ3) is 3.32. The van der Waals surface area contributed by atoms with Gasteiger partial charge in [0.2, 0.25) is 10.0 Å². The normalized spacial score (nSPS) is 20.8. The predicted molar refractivity (Wildman–Crippen MR) is 76.5 cm³/mol. The minimum atomic E-state index is -3.59. The van der Waals surface area contributed by atoms with Gasteiger partial charge in [-0.05, 0) is 36.8 Å². The van der Waals surface area contributed by atoms with E-state index in [4.69, 9.17) is 17.3 Å². The minimum Gasteiger partial charge on any atom is -0.399 e. The van der Waals surface area contributed by atoms with E-state index in [1.807, 2.05) is 0 Å². The molecule has 0 saturated carbocycles. The van der Waals surface area contributed by atoms with Crippen LogP contribution in [0.4, 0.5) is 5.69 Å². The molecule has 1 saturated heterocycles. The lowest BCUT2D eigenvalue weighted by Crippen LogP contribution is -2.38. The van der Waals surface area contributed by atoms with E-state index in [1.54, 1.807) is 17.8 Å². The fraction of sp³-hybridized carbons (Fsp3) is 0.455. The average Bonchev–Trinajstić information content (AvgIpc) is 2.33. The molecule has 3 N–H and O–H groups in total. The van der Waals surface area contributed by atoms with Crippen molar-refractivity contribution < 1.29 is 8.42 Å². The van der Waals surface area contributed by atoms with Crippen LogP contribution in [0.15, 0.2) is 23.1 Å². The highest BCUT2D eigenvalue weighted by Crippen LogP contribution is 2.25. The van der Waals surface area contributed by atoms with Gasteiger partial charge in [-0.1, -0.05) is 11.6 Å². The van der Waals surface area contributed by atoms with Gasteiger partial charge in [-0.2, -0.15) is 11.8 Å². The van der Waals surface area contributed by atoms with E-state index in [2.05, 4.69) is 4.72 Å². The molecule has 1 heterocycles. The van der Waals surface area contributed by atoms with Gasteiger partial charge in [-0.25, -0.2) is 13.1 Å². The zero-order valence-electron chi connectivity index (χ0n) is 9.73. The molecule has 0 radical (unpaired) electrons. The molecule has 0 amide bonds. The van der Waals surface area contributed by atoms with Gasteiger partial charge >= 0.3 is 0 Å². The van der Waals surface area contributed by atoms with Crippen LogP contribution in [0.2, 0.25) is 5.02 Å². The average molecular weight is 307 g/mol. The molecule has 0 bridgehead atoms. The Hall–Kier alpha value is -0.430. The molecular weight excluding hydrogens is 292 g/mol. The quantitative estimate of drug-likeness (QED) is 0.839. The van der Waals surface area contributed by atoms with E-state index in [0.717, 1.165) is 24.3 Å². The monoisotopic (exact) mass is 306 g/mol. The Morgan fingerprint density at radius 2 is 2.22 bits per heavy atom. The molecule has 0 spiro atoms. The van der Waals surface area contributed by atoms with Crippen molar-refractivity contribution in [2.75, 3.05) is 17.2 Å². The Kier molecular flexibility index (Phi) is 4.42. The van der Waals surface area contributed by atoms with Crippen molar-refractivity contribution in [1.82, 2.24) is 4.72 Å². The highest BCUT2D eigenvalue weighted by Gasteiger charge is 2.24. The summed E-state index contributed by atoms with van der Waals surface area (Å²) in [5.41, 5.74) is 5.99. The van der Waals surface area contributed by atoms with E-state index in [9.17, 15) is 8.42 Å². The molecule has 0 aromatic heterocycles. The number of anilines is 1. The first-order valence-electron chi connectivity index (χ1n) is 5.64. The maximum absolute atomic E-state index is 12.2. The number of rotatable bonds is 3. The maximum Gasteiger partial charge on any atom is 0.242 e. The van der Waals surface area contributed by atoms with Gasteiger partial charge in [-0.3, -0.25) is 0 Å². The van der Waals surface area contributed by atoms with Gasteiger partial charge in [0.15, 0.2) is 0 Å². The van der Waals surface area contributed by atoms with Gasteiger partial charge in [0.1, 0.15) is 4.90 Å². The number of thioether (sulfide) groups is 1. The maximum atomic E-state index is 12.2. The number of benzene rings is 1. The lowest BCUT2D eigenvalue weighted by Gasteiger charge is -2.22. The van der Waals surface area contributed by atoms with Gasteiger partial charge in [0, 0.05) is 17.5 Å². The summed E-state index contributed by atoms with van der Waals surface area (Å²) in [6.07, 6.45) is 1.90.